The molecule has 0 saturated heterocycles. The number of hydrogen-bond acceptors (Lipinski definition) is 5. The van der Waals surface area contributed by atoms with E-state index in [9.17, 15) is 14.4 Å². The van der Waals surface area contributed by atoms with E-state index in [0.29, 0.717) is 11.0 Å². The summed E-state index contributed by atoms with van der Waals surface area (Å²) in [5.74, 6) is 0.168. The summed E-state index contributed by atoms with van der Waals surface area (Å²) in [6.45, 7) is 0.353. The Morgan fingerprint density at radius 3 is 2.39 bits per heavy atom. The number of carbonyl (C=O) groups is 1. The van der Waals surface area contributed by atoms with Crippen molar-refractivity contribution in [3.63, 3.8) is 0 Å². The van der Waals surface area contributed by atoms with Crippen LogP contribution in [0.2, 0.25) is 5.28 Å². The van der Waals surface area contributed by atoms with Crippen LogP contribution in [-0.2, 0) is 24.8 Å². The number of rotatable bonds is 4. The van der Waals surface area contributed by atoms with Crippen molar-refractivity contribution in [2.45, 2.75) is 5.88 Å². The van der Waals surface area contributed by atoms with Crippen LogP contribution in [0, 0.1) is 0 Å². The van der Waals surface area contributed by atoms with E-state index >= 15 is 0 Å². The number of carbonyl (C=O) groups excluding carboxylic acids is 1. The van der Waals surface area contributed by atoms with Crippen molar-refractivity contribution in [2.75, 3.05) is 27.7 Å². The molecule has 0 aliphatic rings. The van der Waals surface area contributed by atoms with Gasteiger partial charge in [0.15, 0.2) is 11.2 Å². The summed E-state index contributed by atoms with van der Waals surface area (Å²) in [6.07, 6.45) is 0. The summed E-state index contributed by atoms with van der Waals surface area (Å²) >= 11 is 7.16. The van der Waals surface area contributed by atoms with Crippen molar-refractivity contribution < 1.29 is 9.28 Å². The third kappa shape index (κ3) is 3.51. The molecule has 0 radical (unpaired) electrons. The highest BCUT2D eigenvalue weighted by molar-refractivity contribution is 8.12. The van der Waals surface area contributed by atoms with Gasteiger partial charge in [-0.15, -0.1) is 0 Å². The van der Waals surface area contributed by atoms with E-state index in [0.717, 1.165) is 16.3 Å². The normalized spacial score (nSPS) is 12.1. The molecular weight excluding hydrogens is 342 g/mol. The first-order valence-corrected chi connectivity index (χ1v) is 8.17. The summed E-state index contributed by atoms with van der Waals surface area (Å²) in [7, 11) is 8.68. The third-order valence-electron chi connectivity index (χ3n) is 3.26. The number of fused-ring (bicyclic) bond motifs is 1. The molecule has 0 unspecified atom stereocenters. The highest BCUT2D eigenvalue weighted by Crippen LogP contribution is 2.19. The molecule has 2 rings (SSSR count). The Balaban J connectivity index is 2.43. The smallest absolute Gasteiger partial charge is 0.324 e. The Bertz CT molecular complexity index is 890. The zero-order chi connectivity index (χ0) is 17.5. The molecule has 0 aromatic carbocycles. The van der Waals surface area contributed by atoms with Gasteiger partial charge in [0.1, 0.15) is 6.54 Å². The van der Waals surface area contributed by atoms with E-state index in [1.807, 2.05) is 21.1 Å². The number of quaternary nitrogens is 1. The average Bonchev–Trinajstić information content (AvgIpc) is 2.75. The predicted octanol–water partition coefficient (Wildman–Crippen LogP) is 0.0106. The number of likely N-dealkylation sites (N-methyl/N-ethyl adjacent to an activating group) is 1. The van der Waals surface area contributed by atoms with Crippen molar-refractivity contribution in [3.05, 3.63) is 26.1 Å². The second-order valence-electron chi connectivity index (χ2n) is 6.28. The molecule has 0 saturated carbocycles. The summed E-state index contributed by atoms with van der Waals surface area (Å²) in [4.78, 5) is 40.3. The molecule has 2 aromatic heterocycles. The number of hydrogen-bond donors (Lipinski definition) is 0. The van der Waals surface area contributed by atoms with Crippen LogP contribution in [0.4, 0.5) is 0 Å². The monoisotopic (exact) mass is 360 g/mol. The number of nitrogens with zero attached hydrogens (tertiary/aromatic N) is 5. The SMILES string of the molecule is Cn1c(=O)c2c(nc(Cl)n2CSC(=O)C[N+](C)(C)C)n(C)c1=O. The Hall–Kier alpha value is -1.58. The van der Waals surface area contributed by atoms with Gasteiger partial charge >= 0.3 is 5.69 Å². The predicted molar refractivity (Wildman–Crippen MR) is 90.7 cm³/mol. The minimum atomic E-state index is -0.484. The number of thioether (sulfide) groups is 1. The van der Waals surface area contributed by atoms with Crippen LogP contribution in [0.25, 0.3) is 11.2 Å². The summed E-state index contributed by atoms with van der Waals surface area (Å²) in [5.41, 5.74) is -0.535. The first kappa shape index (κ1) is 17.8. The molecule has 0 N–H and O–H groups in total. The van der Waals surface area contributed by atoms with Gasteiger partial charge in [0.25, 0.3) is 5.56 Å². The number of aromatic nitrogens is 4. The van der Waals surface area contributed by atoms with Crippen LogP contribution in [0.5, 0.6) is 0 Å². The van der Waals surface area contributed by atoms with Crippen molar-refractivity contribution >= 4 is 39.6 Å². The van der Waals surface area contributed by atoms with Crippen molar-refractivity contribution in [3.8, 4) is 0 Å². The molecular formula is C13H19ClN5O3S+. The van der Waals surface area contributed by atoms with E-state index in [1.165, 1.54) is 23.2 Å². The highest BCUT2D eigenvalue weighted by atomic mass is 35.5. The summed E-state index contributed by atoms with van der Waals surface area (Å²) < 4.78 is 4.23. The lowest BCUT2D eigenvalue weighted by atomic mass is 10.5. The van der Waals surface area contributed by atoms with Gasteiger partial charge in [-0.25, -0.2) is 4.79 Å². The summed E-state index contributed by atoms with van der Waals surface area (Å²) in [6, 6.07) is 0. The minimum Gasteiger partial charge on any atom is -0.324 e. The molecule has 0 aliphatic heterocycles. The molecule has 10 heteroatoms. The Morgan fingerprint density at radius 1 is 1.22 bits per heavy atom. The number of imidazole rings is 1. The van der Waals surface area contributed by atoms with Gasteiger partial charge in [-0.3, -0.25) is 23.3 Å². The molecule has 2 heterocycles. The lowest BCUT2D eigenvalue weighted by Gasteiger charge is -2.22. The maximum atomic E-state index is 12.3. The second kappa shape index (κ2) is 6.14. The Labute approximate surface area is 141 Å². The van der Waals surface area contributed by atoms with Gasteiger partial charge in [0.05, 0.1) is 27.0 Å². The fourth-order valence-electron chi connectivity index (χ4n) is 2.11. The highest BCUT2D eigenvalue weighted by Gasteiger charge is 2.20. The average molecular weight is 361 g/mol. The van der Waals surface area contributed by atoms with Crippen LogP contribution in [-0.4, -0.2) is 56.0 Å². The molecule has 2 aromatic rings. The molecule has 0 spiro atoms. The maximum absolute atomic E-state index is 12.3. The zero-order valence-electron chi connectivity index (χ0n) is 13.7. The van der Waals surface area contributed by atoms with Gasteiger partial charge < -0.3 is 4.48 Å². The van der Waals surface area contributed by atoms with Crippen LogP contribution in [0.3, 0.4) is 0 Å². The molecule has 126 valence electrons. The number of aryl methyl sites for hydroxylation is 1. The molecule has 0 aliphatic carbocycles. The van der Waals surface area contributed by atoms with Crippen molar-refractivity contribution in [1.82, 2.24) is 18.7 Å². The van der Waals surface area contributed by atoms with Gasteiger partial charge in [-0.2, -0.15) is 4.98 Å². The largest absolute Gasteiger partial charge is 0.332 e. The Kier molecular flexibility index (Phi) is 4.74. The molecule has 0 amide bonds. The molecule has 0 atom stereocenters. The van der Waals surface area contributed by atoms with Crippen LogP contribution in [0.15, 0.2) is 9.59 Å². The summed E-state index contributed by atoms with van der Waals surface area (Å²) in [5, 5.41) is 0.0564. The second-order valence-corrected chi connectivity index (χ2v) is 7.62. The van der Waals surface area contributed by atoms with Crippen LogP contribution in [0.1, 0.15) is 0 Å². The van der Waals surface area contributed by atoms with E-state index < -0.39 is 11.2 Å². The molecule has 0 bridgehead atoms. The third-order valence-corrected chi connectivity index (χ3v) is 4.39. The molecule has 23 heavy (non-hydrogen) atoms. The topological polar surface area (TPSA) is 78.9 Å². The lowest BCUT2D eigenvalue weighted by Crippen LogP contribution is -2.38. The fraction of sp³-hybridized carbons (Fsp3) is 0.538. The first-order valence-electron chi connectivity index (χ1n) is 6.81. The van der Waals surface area contributed by atoms with Crippen molar-refractivity contribution in [1.29, 1.82) is 0 Å². The standard InChI is InChI=1S/C13H19ClN5O3S/c1-16-10-9(11(21)17(2)13(16)22)18(12(14)15-10)7-23-8(20)6-19(3,4)5/h6-7H2,1-5H3/q+1. The minimum absolute atomic E-state index is 0.0166. The van der Waals surface area contributed by atoms with Gasteiger partial charge in [0, 0.05) is 14.1 Å². The maximum Gasteiger partial charge on any atom is 0.332 e. The van der Waals surface area contributed by atoms with E-state index in [1.54, 1.807) is 0 Å². The number of halogens is 1. The molecule has 8 nitrogen and oxygen atoms in total. The van der Waals surface area contributed by atoms with E-state index in [-0.39, 0.29) is 27.4 Å². The van der Waals surface area contributed by atoms with E-state index in [4.69, 9.17) is 11.6 Å². The lowest BCUT2D eigenvalue weighted by molar-refractivity contribution is -0.861. The van der Waals surface area contributed by atoms with Crippen LogP contribution < -0.4 is 11.2 Å². The van der Waals surface area contributed by atoms with E-state index in [2.05, 4.69) is 4.98 Å². The van der Waals surface area contributed by atoms with Crippen molar-refractivity contribution in [2.24, 2.45) is 14.1 Å². The van der Waals surface area contributed by atoms with Crippen LogP contribution >= 0.6 is 23.4 Å². The molecule has 0 fully saturated rings. The Morgan fingerprint density at radius 2 is 1.83 bits per heavy atom. The quantitative estimate of drug-likeness (QED) is 0.567. The van der Waals surface area contributed by atoms with Gasteiger partial charge in [-0.1, -0.05) is 11.8 Å². The zero-order valence-corrected chi connectivity index (χ0v) is 15.2. The first-order chi connectivity index (χ1) is 10.5. The fourth-order valence-corrected chi connectivity index (χ4v) is 3.41. The van der Waals surface area contributed by atoms with Gasteiger partial charge in [0.2, 0.25) is 10.4 Å². The van der Waals surface area contributed by atoms with Gasteiger partial charge in [-0.05, 0) is 11.6 Å².